The van der Waals surface area contributed by atoms with Gasteiger partial charge in [0.15, 0.2) is 5.96 Å². The van der Waals surface area contributed by atoms with Gasteiger partial charge in [0.2, 0.25) is 0 Å². The third-order valence-corrected chi connectivity index (χ3v) is 4.42. The predicted octanol–water partition coefficient (Wildman–Crippen LogP) is 2.44. The molecule has 1 atom stereocenters. The third-order valence-electron chi connectivity index (χ3n) is 4.42. The molecule has 1 aromatic rings. The molecule has 0 spiro atoms. The van der Waals surface area contributed by atoms with Gasteiger partial charge in [-0.3, -0.25) is 4.99 Å². The number of nitrogens with zero attached hydrogens (tertiary/aromatic N) is 2. The molecular formula is C20H36N4O. The second-order valence-electron chi connectivity index (χ2n) is 6.72. The summed E-state index contributed by atoms with van der Waals surface area (Å²) in [5, 5.41) is 16.3. The van der Waals surface area contributed by atoms with E-state index >= 15 is 0 Å². The Morgan fingerprint density at radius 2 is 1.88 bits per heavy atom. The predicted molar refractivity (Wildman–Crippen MR) is 107 cm³/mol. The van der Waals surface area contributed by atoms with Crippen molar-refractivity contribution in [3.05, 3.63) is 35.9 Å². The lowest BCUT2D eigenvalue weighted by Gasteiger charge is -2.20. The molecule has 25 heavy (non-hydrogen) atoms. The molecule has 0 heterocycles. The lowest BCUT2D eigenvalue weighted by atomic mass is 10.0. The molecule has 0 bridgehead atoms. The van der Waals surface area contributed by atoms with E-state index in [4.69, 9.17) is 0 Å². The highest BCUT2D eigenvalue weighted by Gasteiger charge is 2.10. The van der Waals surface area contributed by atoms with Gasteiger partial charge in [-0.25, -0.2) is 0 Å². The summed E-state index contributed by atoms with van der Waals surface area (Å²) in [4.78, 5) is 7.01. The number of rotatable bonds is 11. The van der Waals surface area contributed by atoms with Gasteiger partial charge in [-0.2, -0.15) is 0 Å². The van der Waals surface area contributed by atoms with Crippen molar-refractivity contribution in [1.82, 2.24) is 15.5 Å². The van der Waals surface area contributed by atoms with Crippen LogP contribution in [-0.2, 0) is 0 Å². The zero-order chi connectivity index (χ0) is 18.5. The molecule has 0 radical (unpaired) electrons. The average Bonchev–Trinajstić information content (AvgIpc) is 2.62. The Morgan fingerprint density at radius 1 is 1.16 bits per heavy atom. The third kappa shape index (κ3) is 8.89. The second kappa shape index (κ2) is 12.7. The van der Waals surface area contributed by atoms with Crippen LogP contribution in [0.3, 0.4) is 0 Å². The van der Waals surface area contributed by atoms with Crippen molar-refractivity contribution < 1.29 is 5.11 Å². The monoisotopic (exact) mass is 348 g/mol. The molecule has 1 aromatic carbocycles. The summed E-state index contributed by atoms with van der Waals surface area (Å²) in [7, 11) is 2.17. The average molecular weight is 349 g/mol. The first kappa shape index (κ1) is 21.5. The van der Waals surface area contributed by atoms with E-state index in [1.54, 1.807) is 0 Å². The Kier molecular flexibility index (Phi) is 10.9. The highest BCUT2D eigenvalue weighted by Crippen LogP contribution is 2.14. The van der Waals surface area contributed by atoms with Crippen molar-refractivity contribution in [1.29, 1.82) is 0 Å². The molecule has 0 amide bonds. The summed E-state index contributed by atoms with van der Waals surface area (Å²) in [5.74, 6) is 0.866. The minimum atomic E-state index is 0.0383. The molecule has 5 heteroatoms. The first-order chi connectivity index (χ1) is 12.1. The molecule has 3 N–H and O–H groups in total. The first-order valence-corrected chi connectivity index (χ1v) is 9.46. The van der Waals surface area contributed by atoms with E-state index in [0.717, 1.165) is 37.6 Å². The van der Waals surface area contributed by atoms with E-state index in [9.17, 15) is 5.11 Å². The van der Waals surface area contributed by atoms with Crippen LogP contribution in [0, 0.1) is 0 Å². The number of aliphatic imine (C=N–C) groups is 1. The minimum absolute atomic E-state index is 0.0383. The molecule has 0 aliphatic heterocycles. The fourth-order valence-corrected chi connectivity index (χ4v) is 2.49. The van der Waals surface area contributed by atoms with Crippen molar-refractivity contribution in [2.45, 2.75) is 45.6 Å². The summed E-state index contributed by atoms with van der Waals surface area (Å²) >= 11 is 0. The van der Waals surface area contributed by atoms with E-state index in [2.05, 4.69) is 48.3 Å². The maximum absolute atomic E-state index is 9.65. The Bertz CT molecular complexity index is 476. The quantitative estimate of drug-likeness (QED) is 0.327. The Labute approximate surface area is 153 Å². The minimum Gasteiger partial charge on any atom is -0.396 e. The largest absolute Gasteiger partial charge is 0.396 e. The number of hydrogen-bond acceptors (Lipinski definition) is 3. The number of benzene rings is 1. The van der Waals surface area contributed by atoms with E-state index in [0.29, 0.717) is 12.6 Å². The Hall–Kier alpha value is -1.59. The van der Waals surface area contributed by atoms with E-state index < -0.39 is 0 Å². The van der Waals surface area contributed by atoms with Crippen molar-refractivity contribution in [2.75, 3.05) is 39.8 Å². The molecule has 1 unspecified atom stereocenters. The number of unbranched alkanes of at least 4 members (excludes halogenated alkanes) is 1. The van der Waals surface area contributed by atoms with Gasteiger partial charge in [0.05, 0.1) is 13.2 Å². The van der Waals surface area contributed by atoms with Crippen LogP contribution < -0.4 is 10.6 Å². The summed E-state index contributed by atoms with van der Waals surface area (Å²) in [6.45, 7) is 10.0. The van der Waals surface area contributed by atoms with Crippen molar-refractivity contribution >= 4 is 5.96 Å². The van der Waals surface area contributed by atoms with E-state index in [-0.39, 0.29) is 12.5 Å². The zero-order valence-corrected chi connectivity index (χ0v) is 16.3. The normalized spacial score (nSPS) is 13.3. The van der Waals surface area contributed by atoms with Crippen LogP contribution in [0.15, 0.2) is 35.3 Å². The molecule has 0 saturated heterocycles. The van der Waals surface area contributed by atoms with Gasteiger partial charge in [0.25, 0.3) is 0 Å². The molecule has 0 saturated carbocycles. The number of aliphatic hydroxyl groups is 1. The maximum Gasteiger partial charge on any atom is 0.191 e. The van der Waals surface area contributed by atoms with Gasteiger partial charge in [0.1, 0.15) is 0 Å². The Balaban J connectivity index is 2.42. The highest BCUT2D eigenvalue weighted by molar-refractivity contribution is 5.79. The molecule has 0 aromatic heterocycles. The molecular weight excluding hydrogens is 312 g/mol. The van der Waals surface area contributed by atoms with Gasteiger partial charge in [-0.05, 0) is 52.8 Å². The molecule has 0 aliphatic rings. The van der Waals surface area contributed by atoms with Crippen LogP contribution in [-0.4, -0.2) is 61.8 Å². The molecule has 0 fully saturated rings. The smallest absolute Gasteiger partial charge is 0.191 e. The summed E-state index contributed by atoms with van der Waals surface area (Å²) in [5.41, 5.74) is 1.13. The zero-order valence-electron chi connectivity index (χ0n) is 16.3. The fourth-order valence-electron chi connectivity index (χ4n) is 2.49. The fraction of sp³-hybridized carbons (Fsp3) is 0.650. The highest BCUT2D eigenvalue weighted by atomic mass is 16.3. The first-order valence-electron chi connectivity index (χ1n) is 9.46. The molecule has 0 aliphatic carbocycles. The molecule has 1 rings (SSSR count). The van der Waals surface area contributed by atoms with Crippen LogP contribution >= 0.6 is 0 Å². The number of nitrogens with one attached hydrogen (secondary N) is 2. The number of hydrogen-bond donors (Lipinski definition) is 3. The summed E-state index contributed by atoms with van der Waals surface area (Å²) in [6.07, 6.45) is 2.29. The maximum atomic E-state index is 9.65. The van der Waals surface area contributed by atoms with Crippen LogP contribution in [0.4, 0.5) is 0 Å². The van der Waals surface area contributed by atoms with Crippen LogP contribution in [0.1, 0.15) is 45.1 Å². The van der Waals surface area contributed by atoms with Gasteiger partial charge in [-0.15, -0.1) is 0 Å². The number of guanidine groups is 1. The standard InChI is InChI=1S/C20H36N4O/c1-5-21-20(22-13-9-10-14-24(4)17(2)3)23-15-19(16-25)18-11-7-6-8-12-18/h6-8,11-12,17,19,25H,5,9-10,13-16H2,1-4H3,(H2,21,22,23). The van der Waals surface area contributed by atoms with Crippen LogP contribution in [0.5, 0.6) is 0 Å². The summed E-state index contributed by atoms with van der Waals surface area (Å²) in [6, 6.07) is 10.7. The van der Waals surface area contributed by atoms with Gasteiger partial charge < -0.3 is 20.6 Å². The molecule has 5 nitrogen and oxygen atoms in total. The van der Waals surface area contributed by atoms with Crippen LogP contribution in [0.2, 0.25) is 0 Å². The van der Waals surface area contributed by atoms with E-state index in [1.165, 1.54) is 6.42 Å². The van der Waals surface area contributed by atoms with Gasteiger partial charge in [0, 0.05) is 25.0 Å². The van der Waals surface area contributed by atoms with Crippen molar-refractivity contribution in [3.8, 4) is 0 Å². The molecule has 142 valence electrons. The van der Waals surface area contributed by atoms with Crippen molar-refractivity contribution in [2.24, 2.45) is 4.99 Å². The number of aliphatic hydroxyl groups excluding tert-OH is 1. The van der Waals surface area contributed by atoms with Crippen molar-refractivity contribution in [3.63, 3.8) is 0 Å². The van der Waals surface area contributed by atoms with E-state index in [1.807, 2.05) is 30.3 Å². The summed E-state index contributed by atoms with van der Waals surface area (Å²) < 4.78 is 0. The lowest BCUT2D eigenvalue weighted by Crippen LogP contribution is -2.38. The SMILES string of the molecule is CCNC(=NCC(CO)c1ccccc1)NCCCCN(C)C(C)C. The lowest BCUT2D eigenvalue weighted by molar-refractivity contribution is 0.267. The van der Waals surface area contributed by atoms with Gasteiger partial charge >= 0.3 is 0 Å². The Morgan fingerprint density at radius 3 is 2.48 bits per heavy atom. The van der Waals surface area contributed by atoms with Crippen LogP contribution in [0.25, 0.3) is 0 Å². The topological polar surface area (TPSA) is 59.9 Å². The van der Waals surface area contributed by atoms with Gasteiger partial charge in [-0.1, -0.05) is 30.3 Å². The second-order valence-corrected chi connectivity index (χ2v) is 6.72.